The van der Waals surface area contributed by atoms with E-state index in [1.165, 1.54) is 18.4 Å². The first kappa shape index (κ1) is 21.3. The zero-order valence-electron chi connectivity index (χ0n) is 15.7. The maximum absolute atomic E-state index is 13.1. The van der Waals surface area contributed by atoms with Gasteiger partial charge in [-0.05, 0) is 43.1 Å². The van der Waals surface area contributed by atoms with Gasteiger partial charge in [0.1, 0.15) is 17.5 Å². The van der Waals surface area contributed by atoms with Gasteiger partial charge < -0.3 is 0 Å². The fourth-order valence-electron chi connectivity index (χ4n) is 2.34. The summed E-state index contributed by atoms with van der Waals surface area (Å²) in [6.45, 7) is 8.48. The van der Waals surface area contributed by atoms with Crippen LogP contribution in [0.5, 0.6) is 0 Å². The number of benzene rings is 2. The van der Waals surface area contributed by atoms with Crippen molar-refractivity contribution in [2.24, 2.45) is 11.8 Å². The van der Waals surface area contributed by atoms with Crippen LogP contribution in [-0.4, -0.2) is 0 Å². The Bertz CT molecular complexity index is 595. The third-order valence-electron chi connectivity index (χ3n) is 3.93. The van der Waals surface area contributed by atoms with Crippen molar-refractivity contribution in [2.45, 2.75) is 53.4 Å². The second-order valence-electron chi connectivity index (χ2n) is 7.20. The lowest BCUT2D eigenvalue weighted by molar-refractivity contribution is 0.503. The Morgan fingerprint density at radius 3 is 1.68 bits per heavy atom. The van der Waals surface area contributed by atoms with E-state index in [0.29, 0.717) is 18.8 Å². The molecule has 2 rings (SSSR count). The highest BCUT2D eigenvalue weighted by Crippen LogP contribution is 2.18. The number of hydrogen-bond donors (Lipinski definition) is 0. The molecule has 0 saturated heterocycles. The number of halogens is 3. The largest absolute Gasteiger partial charge is 0.207 e. The molecular formula is C22H29F3. The van der Waals surface area contributed by atoms with E-state index in [4.69, 9.17) is 0 Å². The molecule has 0 saturated carbocycles. The van der Waals surface area contributed by atoms with Crippen molar-refractivity contribution in [2.75, 3.05) is 0 Å². The zero-order valence-corrected chi connectivity index (χ0v) is 15.7. The van der Waals surface area contributed by atoms with E-state index in [1.54, 1.807) is 0 Å². The molecule has 0 radical (unpaired) electrons. The van der Waals surface area contributed by atoms with Crippen LogP contribution in [0.15, 0.2) is 42.5 Å². The fraction of sp³-hybridized carbons (Fsp3) is 0.455. The molecule has 25 heavy (non-hydrogen) atoms. The molecule has 0 fully saturated rings. The maximum atomic E-state index is 13.1. The van der Waals surface area contributed by atoms with Crippen LogP contribution in [0.4, 0.5) is 13.2 Å². The van der Waals surface area contributed by atoms with Crippen molar-refractivity contribution in [3.63, 3.8) is 0 Å². The summed E-state index contributed by atoms with van der Waals surface area (Å²) in [4.78, 5) is 0. The third-order valence-corrected chi connectivity index (χ3v) is 3.93. The van der Waals surface area contributed by atoms with Crippen molar-refractivity contribution < 1.29 is 13.2 Å². The summed E-state index contributed by atoms with van der Waals surface area (Å²) >= 11 is 0. The molecule has 0 bridgehead atoms. The molecule has 3 heteroatoms. The molecule has 0 aliphatic rings. The minimum Gasteiger partial charge on any atom is -0.207 e. The summed E-state index contributed by atoms with van der Waals surface area (Å²) in [6, 6.07) is 12.1. The Morgan fingerprint density at radius 1 is 0.720 bits per heavy atom. The van der Waals surface area contributed by atoms with Crippen molar-refractivity contribution in [3.05, 3.63) is 71.0 Å². The van der Waals surface area contributed by atoms with Gasteiger partial charge >= 0.3 is 0 Å². The van der Waals surface area contributed by atoms with E-state index >= 15 is 0 Å². The minimum absolute atomic E-state index is 0.0138. The molecule has 0 nitrogen and oxygen atoms in total. The van der Waals surface area contributed by atoms with Gasteiger partial charge in [0, 0.05) is 17.7 Å². The smallest absolute Gasteiger partial charge is 0.132 e. The second kappa shape index (κ2) is 11.0. The van der Waals surface area contributed by atoms with Crippen molar-refractivity contribution in [3.8, 4) is 0 Å². The van der Waals surface area contributed by atoms with Crippen molar-refractivity contribution >= 4 is 0 Å². The Morgan fingerprint density at radius 2 is 1.20 bits per heavy atom. The van der Waals surface area contributed by atoms with E-state index in [2.05, 4.69) is 44.2 Å². The predicted octanol–water partition coefficient (Wildman–Crippen LogP) is 6.97. The van der Waals surface area contributed by atoms with Gasteiger partial charge in [0.15, 0.2) is 0 Å². The van der Waals surface area contributed by atoms with E-state index in [-0.39, 0.29) is 5.56 Å². The summed E-state index contributed by atoms with van der Waals surface area (Å²) in [5, 5.41) is 0. The van der Waals surface area contributed by atoms with E-state index in [0.717, 1.165) is 18.1 Å². The molecule has 2 aromatic rings. The Labute approximate surface area is 150 Å². The monoisotopic (exact) mass is 350 g/mol. The zero-order chi connectivity index (χ0) is 18.8. The molecule has 0 N–H and O–H groups in total. The van der Waals surface area contributed by atoms with Crippen LogP contribution in [0, 0.1) is 29.3 Å². The molecule has 0 unspecified atom stereocenters. The Kier molecular flexibility index (Phi) is 9.33. The van der Waals surface area contributed by atoms with Crippen molar-refractivity contribution in [1.82, 2.24) is 0 Å². The van der Waals surface area contributed by atoms with E-state index in [9.17, 15) is 13.2 Å². The summed E-state index contributed by atoms with van der Waals surface area (Å²) in [5.74, 6) is -1.26. The molecule has 0 aliphatic carbocycles. The topological polar surface area (TPSA) is 0 Å². The molecule has 0 aromatic heterocycles. The van der Waals surface area contributed by atoms with Gasteiger partial charge in [-0.3, -0.25) is 0 Å². The van der Waals surface area contributed by atoms with Gasteiger partial charge in [0.2, 0.25) is 0 Å². The highest BCUT2D eigenvalue weighted by molar-refractivity contribution is 5.21. The Hall–Kier alpha value is -1.77. The fourth-order valence-corrected chi connectivity index (χ4v) is 2.34. The lowest BCUT2D eigenvalue weighted by Gasteiger charge is -2.07. The van der Waals surface area contributed by atoms with Crippen LogP contribution < -0.4 is 0 Å². The third kappa shape index (κ3) is 8.76. The molecule has 0 amide bonds. The lowest BCUT2D eigenvalue weighted by Crippen LogP contribution is -2.00. The van der Waals surface area contributed by atoms with Crippen LogP contribution in [0.1, 0.15) is 51.7 Å². The average molecular weight is 350 g/mol. The lowest BCUT2D eigenvalue weighted by atomic mass is 10.0. The van der Waals surface area contributed by atoms with E-state index < -0.39 is 17.5 Å². The van der Waals surface area contributed by atoms with Crippen molar-refractivity contribution in [1.29, 1.82) is 0 Å². The average Bonchev–Trinajstić information content (AvgIpc) is 2.53. The number of aryl methyl sites for hydroxylation is 1. The van der Waals surface area contributed by atoms with Crippen LogP contribution >= 0.6 is 0 Å². The van der Waals surface area contributed by atoms with Crippen LogP contribution in [-0.2, 0) is 12.8 Å². The summed E-state index contributed by atoms with van der Waals surface area (Å²) in [6.07, 6.45) is 3.53. The molecule has 0 atom stereocenters. The van der Waals surface area contributed by atoms with Crippen LogP contribution in [0.25, 0.3) is 0 Å². The number of rotatable bonds is 6. The SMILES string of the molecule is CC(C)CCc1c(F)cc(F)cc1F.CC(C)CCc1ccccc1. The number of hydrogen-bond acceptors (Lipinski definition) is 0. The summed E-state index contributed by atoms with van der Waals surface area (Å²) in [7, 11) is 0. The van der Waals surface area contributed by atoms with Crippen LogP contribution in [0.3, 0.4) is 0 Å². The van der Waals surface area contributed by atoms with Crippen LogP contribution in [0.2, 0.25) is 0 Å². The van der Waals surface area contributed by atoms with Gasteiger partial charge in [-0.1, -0.05) is 58.0 Å². The molecule has 138 valence electrons. The van der Waals surface area contributed by atoms with Gasteiger partial charge in [0.05, 0.1) is 0 Å². The van der Waals surface area contributed by atoms with E-state index in [1.807, 2.05) is 13.8 Å². The highest BCUT2D eigenvalue weighted by Gasteiger charge is 2.11. The van der Waals surface area contributed by atoms with Gasteiger partial charge in [-0.25, -0.2) is 13.2 Å². The molecule has 0 spiro atoms. The quantitative estimate of drug-likeness (QED) is 0.528. The predicted molar refractivity (Wildman–Crippen MR) is 99.1 cm³/mol. The second-order valence-corrected chi connectivity index (χ2v) is 7.20. The first-order valence-corrected chi connectivity index (χ1v) is 8.97. The summed E-state index contributed by atoms with van der Waals surface area (Å²) in [5.41, 5.74) is 1.45. The molecular weight excluding hydrogens is 321 g/mol. The minimum atomic E-state index is -0.867. The molecule has 0 aliphatic heterocycles. The van der Waals surface area contributed by atoms with Gasteiger partial charge in [-0.2, -0.15) is 0 Å². The Balaban J connectivity index is 0.000000257. The van der Waals surface area contributed by atoms with Gasteiger partial charge in [-0.15, -0.1) is 0 Å². The standard InChI is InChI=1S/C11H13F3.C11H16/c1-7(2)3-4-9-10(13)5-8(12)6-11(9)14;1-10(2)8-9-11-6-4-3-5-7-11/h5-7H,3-4H2,1-2H3;3-7,10H,8-9H2,1-2H3. The first-order valence-electron chi connectivity index (χ1n) is 8.97. The highest BCUT2D eigenvalue weighted by atomic mass is 19.1. The van der Waals surface area contributed by atoms with Gasteiger partial charge in [0.25, 0.3) is 0 Å². The maximum Gasteiger partial charge on any atom is 0.132 e. The normalized spacial score (nSPS) is 10.8. The molecule has 0 heterocycles. The first-order chi connectivity index (χ1) is 11.8. The molecule has 2 aromatic carbocycles. The summed E-state index contributed by atoms with van der Waals surface area (Å²) < 4.78 is 38.7.